The Morgan fingerprint density at radius 3 is 2.17 bits per heavy atom. The lowest BCUT2D eigenvalue weighted by Gasteiger charge is -2.11. The highest BCUT2D eigenvalue weighted by Crippen LogP contribution is 2.18. The van der Waals surface area contributed by atoms with E-state index in [0.717, 1.165) is 11.1 Å². The van der Waals surface area contributed by atoms with Gasteiger partial charge in [0.1, 0.15) is 0 Å². The number of carbonyl (C=O) groups excluding carboxylic acids is 3. The van der Waals surface area contributed by atoms with Crippen molar-refractivity contribution < 1.29 is 19.1 Å². The van der Waals surface area contributed by atoms with E-state index >= 15 is 0 Å². The van der Waals surface area contributed by atoms with E-state index < -0.39 is 17.8 Å². The van der Waals surface area contributed by atoms with Crippen molar-refractivity contribution in [2.75, 3.05) is 17.7 Å². The molecule has 2 amide bonds. The average molecular weight is 326 g/mol. The molecule has 0 aliphatic heterocycles. The predicted octanol–water partition coefficient (Wildman–Crippen LogP) is 2.67. The number of nitrogens with one attached hydrogen (secondary N) is 2. The highest BCUT2D eigenvalue weighted by atomic mass is 16.5. The first-order valence-corrected chi connectivity index (χ1v) is 7.29. The van der Waals surface area contributed by atoms with E-state index in [1.165, 1.54) is 19.2 Å². The predicted molar refractivity (Wildman–Crippen MR) is 91.0 cm³/mol. The zero-order chi connectivity index (χ0) is 17.7. The van der Waals surface area contributed by atoms with Gasteiger partial charge in [0.15, 0.2) is 0 Å². The zero-order valence-electron chi connectivity index (χ0n) is 13.7. The van der Waals surface area contributed by atoms with Crippen molar-refractivity contribution in [3.63, 3.8) is 0 Å². The Morgan fingerprint density at radius 1 is 0.875 bits per heavy atom. The molecule has 0 aromatic heterocycles. The van der Waals surface area contributed by atoms with Gasteiger partial charge in [0, 0.05) is 5.69 Å². The van der Waals surface area contributed by atoms with Crippen molar-refractivity contribution in [1.29, 1.82) is 0 Å². The minimum absolute atomic E-state index is 0.174. The lowest BCUT2D eigenvalue weighted by molar-refractivity contribution is -0.133. The van der Waals surface area contributed by atoms with E-state index in [4.69, 9.17) is 0 Å². The molecule has 0 fully saturated rings. The molecule has 24 heavy (non-hydrogen) atoms. The fourth-order valence-electron chi connectivity index (χ4n) is 2.11. The van der Waals surface area contributed by atoms with Gasteiger partial charge in [-0.15, -0.1) is 0 Å². The van der Waals surface area contributed by atoms with Gasteiger partial charge in [0.05, 0.1) is 18.4 Å². The lowest BCUT2D eigenvalue weighted by Crippen LogP contribution is -2.30. The highest BCUT2D eigenvalue weighted by molar-refractivity contribution is 6.44. The molecule has 2 aromatic carbocycles. The van der Waals surface area contributed by atoms with Gasteiger partial charge in [-0.25, -0.2) is 4.79 Å². The lowest BCUT2D eigenvalue weighted by atomic mass is 10.1. The van der Waals surface area contributed by atoms with Crippen LogP contribution in [0.2, 0.25) is 0 Å². The first kappa shape index (κ1) is 17.2. The highest BCUT2D eigenvalue weighted by Gasteiger charge is 2.18. The van der Waals surface area contributed by atoms with E-state index in [0.29, 0.717) is 5.69 Å². The molecule has 0 atom stereocenters. The van der Waals surface area contributed by atoms with Crippen molar-refractivity contribution in [3.8, 4) is 0 Å². The second kappa shape index (κ2) is 7.41. The molecule has 0 saturated heterocycles. The van der Waals surface area contributed by atoms with Gasteiger partial charge < -0.3 is 15.4 Å². The largest absolute Gasteiger partial charge is 0.465 e. The van der Waals surface area contributed by atoms with Crippen molar-refractivity contribution in [2.24, 2.45) is 0 Å². The summed E-state index contributed by atoms with van der Waals surface area (Å²) >= 11 is 0. The maximum Gasteiger partial charge on any atom is 0.339 e. The normalized spacial score (nSPS) is 9.96. The summed E-state index contributed by atoms with van der Waals surface area (Å²) in [5.74, 6) is -2.28. The summed E-state index contributed by atoms with van der Waals surface area (Å²) in [6, 6.07) is 11.9. The standard InChI is InChI=1S/C18H18N2O4/c1-11-8-9-12(2)15(10-11)20-17(22)16(21)19-14-7-5-4-6-13(14)18(23)24-3/h4-10H,1-3H3,(H,19,21)(H,20,22). The summed E-state index contributed by atoms with van der Waals surface area (Å²) in [7, 11) is 1.24. The molecule has 0 aliphatic rings. The fraction of sp³-hybridized carbons (Fsp3) is 0.167. The number of benzene rings is 2. The molecule has 0 saturated carbocycles. The van der Waals surface area contributed by atoms with Gasteiger partial charge in [0.25, 0.3) is 0 Å². The number of methoxy groups -OCH3 is 1. The summed E-state index contributed by atoms with van der Waals surface area (Å²) < 4.78 is 4.65. The summed E-state index contributed by atoms with van der Waals surface area (Å²) in [5.41, 5.74) is 2.76. The maximum atomic E-state index is 12.1. The summed E-state index contributed by atoms with van der Waals surface area (Å²) in [4.78, 5) is 35.9. The summed E-state index contributed by atoms with van der Waals surface area (Å²) in [6.45, 7) is 3.72. The van der Waals surface area contributed by atoms with Crippen LogP contribution in [0.4, 0.5) is 11.4 Å². The molecule has 2 aromatic rings. The van der Waals surface area contributed by atoms with E-state index in [1.54, 1.807) is 18.2 Å². The molecule has 0 heterocycles. The van der Waals surface area contributed by atoms with Crippen LogP contribution in [-0.4, -0.2) is 24.9 Å². The molecule has 0 unspecified atom stereocenters. The average Bonchev–Trinajstić information content (AvgIpc) is 2.57. The first-order valence-electron chi connectivity index (χ1n) is 7.29. The molecule has 0 aliphatic carbocycles. The van der Waals surface area contributed by atoms with Gasteiger partial charge in [-0.1, -0.05) is 24.3 Å². The summed E-state index contributed by atoms with van der Waals surface area (Å²) in [6.07, 6.45) is 0. The van der Waals surface area contributed by atoms with Crippen LogP contribution in [0.15, 0.2) is 42.5 Å². The fourth-order valence-corrected chi connectivity index (χ4v) is 2.11. The number of anilines is 2. The number of aryl methyl sites for hydroxylation is 2. The van der Waals surface area contributed by atoms with Crippen LogP contribution in [0.5, 0.6) is 0 Å². The van der Waals surface area contributed by atoms with Crippen LogP contribution in [-0.2, 0) is 14.3 Å². The smallest absolute Gasteiger partial charge is 0.339 e. The first-order chi connectivity index (χ1) is 11.4. The molecular weight excluding hydrogens is 308 g/mol. The molecule has 0 spiro atoms. The number of esters is 1. The topological polar surface area (TPSA) is 84.5 Å². The minimum Gasteiger partial charge on any atom is -0.465 e. The van der Waals surface area contributed by atoms with E-state index in [2.05, 4.69) is 15.4 Å². The van der Waals surface area contributed by atoms with Crippen LogP contribution in [0.3, 0.4) is 0 Å². The zero-order valence-corrected chi connectivity index (χ0v) is 13.7. The van der Waals surface area contributed by atoms with Gasteiger partial charge in [-0.3, -0.25) is 9.59 Å². The number of amides is 2. The molecule has 0 bridgehead atoms. The van der Waals surface area contributed by atoms with Gasteiger partial charge in [-0.05, 0) is 43.2 Å². The second-order valence-corrected chi connectivity index (χ2v) is 5.26. The van der Waals surface area contributed by atoms with Crippen molar-refractivity contribution >= 4 is 29.2 Å². The van der Waals surface area contributed by atoms with Crippen LogP contribution < -0.4 is 10.6 Å². The number of hydrogen-bond donors (Lipinski definition) is 2. The van der Waals surface area contributed by atoms with Crippen LogP contribution in [0, 0.1) is 13.8 Å². The second-order valence-electron chi connectivity index (χ2n) is 5.26. The number of hydrogen-bond acceptors (Lipinski definition) is 4. The number of carbonyl (C=O) groups is 3. The number of rotatable bonds is 3. The molecule has 2 N–H and O–H groups in total. The van der Waals surface area contributed by atoms with E-state index in [9.17, 15) is 14.4 Å². The number of para-hydroxylation sites is 1. The van der Waals surface area contributed by atoms with Crippen molar-refractivity contribution in [3.05, 3.63) is 59.2 Å². The Kier molecular flexibility index (Phi) is 5.31. The monoisotopic (exact) mass is 326 g/mol. The Hall–Kier alpha value is -3.15. The Bertz CT molecular complexity index is 799. The summed E-state index contributed by atoms with van der Waals surface area (Å²) in [5, 5.41) is 4.99. The molecule has 2 rings (SSSR count). The third-order valence-electron chi connectivity index (χ3n) is 3.43. The molecule has 6 heteroatoms. The van der Waals surface area contributed by atoms with E-state index in [-0.39, 0.29) is 11.3 Å². The van der Waals surface area contributed by atoms with Gasteiger partial charge in [-0.2, -0.15) is 0 Å². The molecule has 0 radical (unpaired) electrons. The quantitative estimate of drug-likeness (QED) is 0.671. The Morgan fingerprint density at radius 2 is 1.50 bits per heavy atom. The Balaban J connectivity index is 2.14. The van der Waals surface area contributed by atoms with Crippen LogP contribution in [0.1, 0.15) is 21.5 Å². The van der Waals surface area contributed by atoms with Crippen LogP contribution >= 0.6 is 0 Å². The Labute approximate surface area is 139 Å². The minimum atomic E-state index is -0.868. The molecule has 124 valence electrons. The van der Waals surface area contributed by atoms with Crippen molar-refractivity contribution in [2.45, 2.75) is 13.8 Å². The molecular formula is C18H18N2O4. The SMILES string of the molecule is COC(=O)c1ccccc1NC(=O)C(=O)Nc1cc(C)ccc1C. The molecule has 6 nitrogen and oxygen atoms in total. The van der Waals surface area contributed by atoms with Crippen LogP contribution in [0.25, 0.3) is 0 Å². The third-order valence-corrected chi connectivity index (χ3v) is 3.43. The maximum absolute atomic E-state index is 12.1. The number of ether oxygens (including phenoxy) is 1. The van der Waals surface area contributed by atoms with Gasteiger partial charge in [0.2, 0.25) is 0 Å². The third kappa shape index (κ3) is 3.98. The van der Waals surface area contributed by atoms with Gasteiger partial charge >= 0.3 is 17.8 Å². The van der Waals surface area contributed by atoms with E-state index in [1.807, 2.05) is 26.0 Å². The van der Waals surface area contributed by atoms with Crippen molar-refractivity contribution in [1.82, 2.24) is 0 Å².